The summed E-state index contributed by atoms with van der Waals surface area (Å²) in [5.74, 6) is 1.09. The Kier molecular flexibility index (Phi) is 4.13. The Morgan fingerprint density at radius 2 is 2.24 bits per heavy atom. The Hall–Kier alpha value is -3.20. The van der Waals surface area contributed by atoms with Gasteiger partial charge in [-0.15, -0.1) is 0 Å². The summed E-state index contributed by atoms with van der Waals surface area (Å²) in [5.41, 5.74) is 1.36. The predicted molar refractivity (Wildman–Crippen MR) is 92.3 cm³/mol. The molecule has 0 aromatic carbocycles. The Morgan fingerprint density at radius 3 is 3.04 bits per heavy atom. The lowest BCUT2D eigenvalue weighted by Crippen LogP contribution is -2.37. The second-order valence-electron chi connectivity index (χ2n) is 5.52. The predicted octanol–water partition coefficient (Wildman–Crippen LogP) is 0.941. The molecule has 0 unspecified atom stereocenters. The molecule has 4 heterocycles. The van der Waals surface area contributed by atoms with Gasteiger partial charge >= 0.3 is 0 Å². The molecule has 1 saturated heterocycles. The van der Waals surface area contributed by atoms with Gasteiger partial charge in [-0.25, -0.2) is 9.97 Å². The average Bonchev–Trinajstić information content (AvgIpc) is 3.31. The van der Waals surface area contributed by atoms with Crippen LogP contribution in [0.15, 0.2) is 36.9 Å². The molecule has 0 saturated carbocycles. The highest BCUT2D eigenvalue weighted by Gasteiger charge is 2.17. The number of amides is 1. The first-order valence-corrected chi connectivity index (χ1v) is 7.95. The number of hydrogen-bond acceptors (Lipinski definition) is 6. The Bertz CT molecular complexity index is 894. The fourth-order valence-corrected chi connectivity index (χ4v) is 2.67. The van der Waals surface area contributed by atoms with Crippen molar-refractivity contribution in [1.82, 2.24) is 24.6 Å². The second kappa shape index (κ2) is 6.73. The summed E-state index contributed by atoms with van der Waals surface area (Å²) in [5, 5.41) is 7.11. The lowest BCUT2D eigenvalue weighted by atomic mass is 10.3. The van der Waals surface area contributed by atoms with E-state index in [2.05, 4.69) is 30.3 Å². The molecule has 4 rings (SSSR count). The number of anilines is 2. The third-order valence-electron chi connectivity index (χ3n) is 3.85. The lowest BCUT2D eigenvalue weighted by molar-refractivity contribution is -0.111. The van der Waals surface area contributed by atoms with Crippen molar-refractivity contribution in [3.63, 3.8) is 0 Å². The third-order valence-corrected chi connectivity index (χ3v) is 3.85. The topological polar surface area (TPSA) is 100 Å². The number of nitrogens with one attached hydrogen (secondary N) is 2. The fraction of sp³-hybridized carbons (Fsp3) is 0.250. The van der Waals surface area contributed by atoms with Gasteiger partial charge in [0.1, 0.15) is 11.6 Å². The molecule has 0 aliphatic carbocycles. The molecule has 1 fully saturated rings. The number of aromatic nitrogens is 5. The van der Waals surface area contributed by atoms with Crippen molar-refractivity contribution in [2.45, 2.75) is 0 Å². The number of ether oxygens (including phenoxy) is 1. The van der Waals surface area contributed by atoms with Crippen LogP contribution in [0.1, 0.15) is 5.69 Å². The van der Waals surface area contributed by atoms with Gasteiger partial charge in [0.2, 0.25) is 5.91 Å². The highest BCUT2D eigenvalue weighted by atomic mass is 16.5. The summed E-state index contributed by atoms with van der Waals surface area (Å²) in [7, 11) is 0. The molecular weight excluding hydrogens is 322 g/mol. The Labute approximate surface area is 143 Å². The van der Waals surface area contributed by atoms with E-state index in [4.69, 9.17) is 4.74 Å². The largest absolute Gasteiger partial charge is 0.378 e. The molecule has 1 amide bonds. The van der Waals surface area contributed by atoms with Crippen LogP contribution in [0.5, 0.6) is 0 Å². The number of morpholine rings is 1. The van der Waals surface area contributed by atoms with E-state index < -0.39 is 0 Å². The van der Waals surface area contributed by atoms with Gasteiger partial charge in [0, 0.05) is 37.5 Å². The minimum Gasteiger partial charge on any atom is -0.378 e. The molecule has 0 spiro atoms. The number of fused-ring (bicyclic) bond motifs is 1. The maximum Gasteiger partial charge on any atom is 0.249 e. The number of carbonyl (C=O) groups is 1. The number of rotatable bonds is 4. The highest BCUT2D eigenvalue weighted by molar-refractivity contribution is 6.01. The first-order valence-electron chi connectivity index (χ1n) is 7.95. The maximum atomic E-state index is 12.1. The van der Waals surface area contributed by atoms with Crippen molar-refractivity contribution < 1.29 is 9.53 Å². The molecule has 9 nitrogen and oxygen atoms in total. The van der Waals surface area contributed by atoms with Gasteiger partial charge < -0.3 is 19.9 Å². The number of aromatic amines is 1. The first-order chi connectivity index (χ1) is 12.3. The zero-order valence-electron chi connectivity index (χ0n) is 13.4. The van der Waals surface area contributed by atoms with E-state index in [1.807, 2.05) is 6.07 Å². The van der Waals surface area contributed by atoms with Gasteiger partial charge in [-0.2, -0.15) is 9.61 Å². The van der Waals surface area contributed by atoms with E-state index in [-0.39, 0.29) is 5.91 Å². The summed E-state index contributed by atoms with van der Waals surface area (Å²) in [6.07, 6.45) is 8.01. The highest BCUT2D eigenvalue weighted by Crippen LogP contribution is 2.21. The number of H-pyrrole nitrogens is 1. The average molecular weight is 339 g/mol. The molecule has 0 bridgehead atoms. The molecule has 2 N–H and O–H groups in total. The zero-order valence-corrected chi connectivity index (χ0v) is 13.4. The Balaban J connectivity index is 1.58. The summed E-state index contributed by atoms with van der Waals surface area (Å²) in [6, 6.07) is 3.63. The minimum absolute atomic E-state index is 0.271. The van der Waals surface area contributed by atoms with Crippen molar-refractivity contribution >= 4 is 29.3 Å². The second-order valence-corrected chi connectivity index (χ2v) is 5.52. The summed E-state index contributed by atoms with van der Waals surface area (Å²) in [6.45, 7) is 2.87. The molecule has 0 radical (unpaired) electrons. The first kappa shape index (κ1) is 15.3. The number of imidazole rings is 1. The quantitative estimate of drug-likeness (QED) is 0.686. The van der Waals surface area contributed by atoms with Crippen LogP contribution in [0.3, 0.4) is 0 Å². The van der Waals surface area contributed by atoms with Gasteiger partial charge in [0.25, 0.3) is 0 Å². The summed E-state index contributed by atoms with van der Waals surface area (Å²) < 4.78 is 7.17. The molecular formula is C16H17N7O2. The van der Waals surface area contributed by atoms with Gasteiger partial charge in [0.15, 0.2) is 5.65 Å². The molecule has 3 aromatic rings. The van der Waals surface area contributed by atoms with Crippen molar-refractivity contribution in [2.75, 3.05) is 36.5 Å². The molecule has 1 aliphatic heterocycles. The van der Waals surface area contributed by atoms with E-state index in [1.54, 1.807) is 35.4 Å². The third kappa shape index (κ3) is 3.36. The van der Waals surface area contributed by atoms with E-state index in [0.29, 0.717) is 30.4 Å². The van der Waals surface area contributed by atoms with Crippen LogP contribution in [0.2, 0.25) is 0 Å². The summed E-state index contributed by atoms with van der Waals surface area (Å²) >= 11 is 0. The van der Waals surface area contributed by atoms with Crippen LogP contribution in [-0.4, -0.2) is 56.8 Å². The zero-order chi connectivity index (χ0) is 17.1. The van der Waals surface area contributed by atoms with Crippen LogP contribution >= 0.6 is 0 Å². The summed E-state index contributed by atoms with van der Waals surface area (Å²) in [4.78, 5) is 25.6. The molecule has 9 heteroatoms. The van der Waals surface area contributed by atoms with Crippen molar-refractivity contribution in [1.29, 1.82) is 0 Å². The SMILES string of the molecule is O=C(C=Cc1c[nH]cn1)Nc1cc(N2CCOCC2)n2nccc2n1. The van der Waals surface area contributed by atoms with Gasteiger partial charge in [-0.1, -0.05) is 0 Å². The lowest BCUT2D eigenvalue weighted by Gasteiger charge is -2.29. The van der Waals surface area contributed by atoms with Crippen molar-refractivity contribution in [2.24, 2.45) is 0 Å². The van der Waals surface area contributed by atoms with Crippen LogP contribution in [-0.2, 0) is 9.53 Å². The fourth-order valence-electron chi connectivity index (χ4n) is 2.67. The minimum atomic E-state index is -0.271. The van der Waals surface area contributed by atoms with Crippen LogP contribution in [0.4, 0.5) is 11.6 Å². The van der Waals surface area contributed by atoms with E-state index in [0.717, 1.165) is 18.9 Å². The van der Waals surface area contributed by atoms with E-state index in [9.17, 15) is 4.79 Å². The molecule has 25 heavy (non-hydrogen) atoms. The van der Waals surface area contributed by atoms with Crippen LogP contribution < -0.4 is 10.2 Å². The van der Waals surface area contributed by atoms with Crippen molar-refractivity contribution in [3.05, 3.63) is 42.6 Å². The standard InChI is InChI=1S/C16H17N7O2/c24-15(2-1-12-10-17-11-18-12)21-13-9-16(22-5-7-25-8-6-22)23-14(20-13)3-4-19-23/h1-4,9-11H,5-8H2,(H,17,18)(H,20,21,24). The van der Waals surface area contributed by atoms with Gasteiger partial charge in [-0.3, -0.25) is 4.79 Å². The molecule has 3 aromatic heterocycles. The number of hydrogen-bond donors (Lipinski definition) is 2. The van der Waals surface area contributed by atoms with E-state index in [1.165, 1.54) is 6.08 Å². The monoisotopic (exact) mass is 339 g/mol. The molecule has 1 aliphatic rings. The number of nitrogens with zero attached hydrogens (tertiary/aromatic N) is 5. The normalized spacial score (nSPS) is 15.1. The van der Waals surface area contributed by atoms with E-state index >= 15 is 0 Å². The van der Waals surface area contributed by atoms with Crippen LogP contribution in [0.25, 0.3) is 11.7 Å². The Morgan fingerprint density at radius 1 is 1.36 bits per heavy atom. The van der Waals surface area contributed by atoms with Crippen LogP contribution in [0, 0.1) is 0 Å². The van der Waals surface area contributed by atoms with Crippen molar-refractivity contribution in [3.8, 4) is 0 Å². The van der Waals surface area contributed by atoms with Gasteiger partial charge in [0.05, 0.1) is 31.4 Å². The molecule has 128 valence electrons. The molecule has 0 atom stereocenters. The smallest absolute Gasteiger partial charge is 0.249 e. The van der Waals surface area contributed by atoms with Gasteiger partial charge in [-0.05, 0) is 6.08 Å². The number of carbonyl (C=O) groups excluding carboxylic acids is 1. The maximum absolute atomic E-state index is 12.1.